The van der Waals surface area contributed by atoms with Crippen molar-refractivity contribution in [2.24, 2.45) is 0 Å². The van der Waals surface area contributed by atoms with Crippen LogP contribution in [-0.4, -0.2) is 140 Å². The maximum atomic E-state index is 13.3. The number of unbranched alkanes of at least 4 members (excludes halogenated alkanes) is 32. The highest BCUT2D eigenvalue weighted by Crippen LogP contribution is 2.30. The fourth-order valence-electron chi connectivity index (χ4n) is 11.2. The van der Waals surface area contributed by atoms with Gasteiger partial charge < -0.3 is 65.1 Å². The lowest BCUT2D eigenvalue weighted by atomic mass is 9.97. The van der Waals surface area contributed by atoms with Crippen molar-refractivity contribution >= 4 is 5.91 Å². The number of carbonyl (C=O) groups is 1. The zero-order valence-corrected chi connectivity index (χ0v) is 54.7. The van der Waals surface area contributed by atoms with Gasteiger partial charge in [0.25, 0.3) is 0 Å². The number of hydrogen-bond acceptors (Lipinski definition) is 13. The number of amides is 1. The van der Waals surface area contributed by atoms with Gasteiger partial charge >= 0.3 is 0 Å². The molecule has 14 nitrogen and oxygen atoms in total. The molecular formula is C73H129NO13. The maximum Gasteiger partial charge on any atom is 0.220 e. The quantitative estimate of drug-likeness (QED) is 0.0204. The molecule has 0 saturated carbocycles. The van der Waals surface area contributed by atoms with Gasteiger partial charge in [0.15, 0.2) is 12.6 Å². The van der Waals surface area contributed by atoms with Crippen LogP contribution in [-0.2, 0) is 23.7 Å². The Hall–Kier alpha value is -2.83. The SMILES string of the molecule is CC/C=C\C/C=C\C/C=C\C/C=C\C/C=C\CCCCCCCCCCCCCCCCCCCCCCCCCCCC(=O)NC(COC1OC(CO)C(OC2OC(CO)C(O)C(O)C2O)C(O)C1O)C(O)/C=C/CC/C=C/CCCCCCCC. The number of aliphatic hydroxyl groups is 8. The minimum absolute atomic E-state index is 0.248. The first-order chi connectivity index (χ1) is 42.6. The van der Waals surface area contributed by atoms with Gasteiger partial charge in [-0.1, -0.05) is 279 Å². The molecule has 0 radical (unpaired) electrons. The van der Waals surface area contributed by atoms with Gasteiger partial charge in [-0.25, -0.2) is 0 Å². The summed E-state index contributed by atoms with van der Waals surface area (Å²) in [6, 6.07) is -0.931. The van der Waals surface area contributed by atoms with Gasteiger partial charge in [-0.2, -0.15) is 0 Å². The molecule has 504 valence electrons. The first-order valence-electron chi connectivity index (χ1n) is 35.3. The van der Waals surface area contributed by atoms with Crippen molar-refractivity contribution in [3.05, 3.63) is 85.1 Å². The molecule has 2 saturated heterocycles. The monoisotopic (exact) mass is 1230 g/mol. The van der Waals surface area contributed by atoms with Gasteiger partial charge in [0.2, 0.25) is 5.91 Å². The highest BCUT2D eigenvalue weighted by atomic mass is 16.7. The first-order valence-corrected chi connectivity index (χ1v) is 35.3. The Bertz CT molecular complexity index is 1780. The number of nitrogens with one attached hydrogen (secondary N) is 1. The summed E-state index contributed by atoms with van der Waals surface area (Å²) in [4.78, 5) is 13.3. The number of rotatable bonds is 57. The topological polar surface area (TPSA) is 228 Å². The van der Waals surface area contributed by atoms with Crippen molar-refractivity contribution in [2.75, 3.05) is 19.8 Å². The van der Waals surface area contributed by atoms with Crippen LogP contribution in [0, 0.1) is 0 Å². The van der Waals surface area contributed by atoms with E-state index in [0.717, 1.165) is 64.2 Å². The zero-order valence-electron chi connectivity index (χ0n) is 54.7. The second-order valence-electron chi connectivity index (χ2n) is 24.6. The number of carbonyl (C=O) groups excluding carboxylic acids is 1. The Labute approximate surface area is 529 Å². The second-order valence-corrected chi connectivity index (χ2v) is 24.6. The van der Waals surface area contributed by atoms with E-state index in [-0.39, 0.29) is 18.9 Å². The van der Waals surface area contributed by atoms with E-state index in [0.29, 0.717) is 12.8 Å². The van der Waals surface area contributed by atoms with Crippen LogP contribution in [0.1, 0.15) is 277 Å². The molecule has 0 aromatic rings. The standard InChI is InChI=1S/C73H129NO13/c1-3-5-7-9-11-13-15-17-18-19-20-21-22-23-24-25-26-27-28-29-30-31-32-33-34-35-36-37-38-39-40-41-42-43-44-45-47-49-51-53-55-57-65(78)74-61(62(77)56-54-52-50-48-46-16-14-12-10-8-6-4-2)60-84-72-70(83)68(81)71(64(59-76)86-72)87-73-69(82)67(80)66(79)63(58-75)85-73/h5,7,11,13,17-18,20-21,23-24,46,48,54,56,61-64,66-73,75-77,79-83H,3-4,6,8-10,12,14-16,19,22,25-45,47,49-53,55,57-60H2,1-2H3,(H,74,78)/b7-5-,13-11-,18-17-,21-20-,24-23-,48-46+,56-54+. The highest BCUT2D eigenvalue weighted by molar-refractivity contribution is 5.76. The lowest BCUT2D eigenvalue weighted by molar-refractivity contribution is -0.359. The summed E-state index contributed by atoms with van der Waals surface area (Å²) in [5, 5.41) is 87.1. The summed E-state index contributed by atoms with van der Waals surface area (Å²) in [6.07, 6.45) is 62.5. The summed E-state index contributed by atoms with van der Waals surface area (Å²) in [7, 11) is 0. The average Bonchev–Trinajstić information content (AvgIpc) is 2.31. The van der Waals surface area contributed by atoms with E-state index < -0.39 is 86.8 Å². The lowest BCUT2D eigenvalue weighted by Gasteiger charge is -2.46. The summed E-state index contributed by atoms with van der Waals surface area (Å²) >= 11 is 0. The van der Waals surface area contributed by atoms with Gasteiger partial charge in [-0.15, -0.1) is 0 Å². The van der Waals surface area contributed by atoms with Crippen molar-refractivity contribution in [2.45, 2.75) is 351 Å². The van der Waals surface area contributed by atoms with Crippen LogP contribution >= 0.6 is 0 Å². The molecule has 9 N–H and O–H groups in total. The first kappa shape index (κ1) is 80.3. The van der Waals surface area contributed by atoms with Crippen LogP contribution in [0.25, 0.3) is 0 Å². The zero-order chi connectivity index (χ0) is 63.1. The van der Waals surface area contributed by atoms with Crippen LogP contribution in [0.15, 0.2) is 85.1 Å². The molecule has 2 aliphatic heterocycles. The normalized spacial score (nSPS) is 23.8. The molecule has 87 heavy (non-hydrogen) atoms. The predicted molar refractivity (Wildman–Crippen MR) is 355 cm³/mol. The lowest BCUT2D eigenvalue weighted by Crippen LogP contribution is -2.65. The fourth-order valence-corrected chi connectivity index (χ4v) is 11.2. The maximum absolute atomic E-state index is 13.3. The number of ether oxygens (including phenoxy) is 4. The predicted octanol–water partition coefficient (Wildman–Crippen LogP) is 14.4. The van der Waals surface area contributed by atoms with Crippen LogP contribution in [0.3, 0.4) is 0 Å². The minimum atomic E-state index is -1.79. The number of aliphatic hydroxyl groups excluding tert-OH is 8. The Balaban J connectivity index is 1.53. The smallest absolute Gasteiger partial charge is 0.220 e. The largest absolute Gasteiger partial charge is 0.394 e. The van der Waals surface area contributed by atoms with Crippen molar-refractivity contribution in [1.82, 2.24) is 5.32 Å². The van der Waals surface area contributed by atoms with Gasteiger partial charge in [0.1, 0.15) is 48.8 Å². The molecule has 0 spiro atoms. The molecule has 1 amide bonds. The van der Waals surface area contributed by atoms with Crippen LogP contribution in [0.5, 0.6) is 0 Å². The summed E-state index contributed by atoms with van der Waals surface area (Å²) < 4.78 is 22.8. The second kappa shape index (κ2) is 57.1. The molecule has 0 aliphatic carbocycles. The molecular weight excluding hydrogens is 1100 g/mol. The molecule has 12 unspecified atom stereocenters. The summed E-state index contributed by atoms with van der Waals surface area (Å²) in [5.41, 5.74) is 0. The Morgan fingerprint density at radius 3 is 1.26 bits per heavy atom. The van der Waals surface area contributed by atoms with Crippen molar-refractivity contribution in [3.63, 3.8) is 0 Å². The van der Waals surface area contributed by atoms with Crippen molar-refractivity contribution in [1.29, 1.82) is 0 Å². The Morgan fingerprint density at radius 1 is 0.425 bits per heavy atom. The third-order valence-electron chi connectivity index (χ3n) is 16.8. The van der Waals surface area contributed by atoms with E-state index in [1.165, 1.54) is 180 Å². The number of hydrogen-bond donors (Lipinski definition) is 9. The van der Waals surface area contributed by atoms with Gasteiger partial charge in [-0.3, -0.25) is 4.79 Å². The minimum Gasteiger partial charge on any atom is -0.394 e. The number of allylic oxidation sites excluding steroid dienone is 13. The van der Waals surface area contributed by atoms with Crippen LogP contribution in [0.2, 0.25) is 0 Å². The highest BCUT2D eigenvalue weighted by Gasteiger charge is 2.51. The molecule has 14 heteroatoms. The van der Waals surface area contributed by atoms with E-state index in [9.17, 15) is 45.6 Å². The molecule has 2 aliphatic rings. The van der Waals surface area contributed by atoms with E-state index >= 15 is 0 Å². The molecule has 0 aromatic heterocycles. The summed E-state index contributed by atoms with van der Waals surface area (Å²) in [6.45, 7) is 2.65. The summed E-state index contributed by atoms with van der Waals surface area (Å²) in [5.74, 6) is -0.248. The van der Waals surface area contributed by atoms with Crippen molar-refractivity contribution in [3.8, 4) is 0 Å². The van der Waals surface area contributed by atoms with E-state index in [1.807, 2.05) is 6.08 Å². The Kier molecular flexibility index (Phi) is 52.7. The van der Waals surface area contributed by atoms with E-state index in [2.05, 4.69) is 92.1 Å². The average molecular weight is 1230 g/mol. The van der Waals surface area contributed by atoms with Crippen LogP contribution in [0.4, 0.5) is 0 Å². The molecule has 2 fully saturated rings. The van der Waals surface area contributed by atoms with E-state index in [4.69, 9.17) is 18.9 Å². The molecule has 2 heterocycles. The third kappa shape index (κ3) is 41.3. The molecule has 0 aromatic carbocycles. The van der Waals surface area contributed by atoms with Gasteiger partial charge in [0.05, 0.1) is 32.0 Å². The fraction of sp³-hybridized carbons (Fsp3) is 0.795. The van der Waals surface area contributed by atoms with Crippen molar-refractivity contribution < 1.29 is 64.6 Å². The Morgan fingerprint density at radius 2 is 0.805 bits per heavy atom. The molecule has 2 rings (SSSR count). The molecule has 0 bridgehead atoms. The third-order valence-corrected chi connectivity index (χ3v) is 16.8. The van der Waals surface area contributed by atoms with Gasteiger partial charge in [-0.05, 0) is 77.0 Å². The van der Waals surface area contributed by atoms with Crippen LogP contribution < -0.4 is 5.32 Å². The molecule has 12 atom stereocenters. The van der Waals surface area contributed by atoms with Gasteiger partial charge in [0, 0.05) is 6.42 Å². The van der Waals surface area contributed by atoms with E-state index in [1.54, 1.807) is 6.08 Å².